The van der Waals surface area contributed by atoms with Crippen LogP contribution in [0.2, 0.25) is 0 Å². The molecular formula is C19H14N4O4. The average Bonchev–Trinajstić information content (AvgIpc) is 3.31. The fourth-order valence-electron chi connectivity index (χ4n) is 3.06. The minimum Gasteiger partial charge on any atom is -0.497 e. The zero-order valence-electron chi connectivity index (χ0n) is 14.3. The van der Waals surface area contributed by atoms with Crippen molar-refractivity contribution in [3.8, 4) is 17.2 Å². The van der Waals surface area contributed by atoms with Crippen LogP contribution in [0.4, 0.5) is 0 Å². The average molecular weight is 362 g/mol. The third-order valence-electron chi connectivity index (χ3n) is 4.42. The lowest BCUT2D eigenvalue weighted by atomic mass is 10.2. The predicted molar refractivity (Wildman–Crippen MR) is 100.0 cm³/mol. The Kier molecular flexibility index (Phi) is 3.36. The molecule has 134 valence electrons. The van der Waals surface area contributed by atoms with Gasteiger partial charge >= 0.3 is 0 Å². The molecule has 5 rings (SSSR count). The summed E-state index contributed by atoms with van der Waals surface area (Å²) in [6.07, 6.45) is 2.98. The lowest BCUT2D eigenvalue weighted by Crippen LogP contribution is -2.17. The Hall–Kier alpha value is -3.81. The summed E-state index contributed by atoms with van der Waals surface area (Å²) < 4.78 is 17.1. The second-order valence-electron chi connectivity index (χ2n) is 6.01. The molecule has 0 amide bonds. The minimum atomic E-state index is -0.285. The fourth-order valence-corrected chi connectivity index (χ4v) is 3.06. The molecule has 27 heavy (non-hydrogen) atoms. The second kappa shape index (κ2) is 5.87. The van der Waals surface area contributed by atoms with Crippen molar-refractivity contribution in [3.05, 3.63) is 58.6 Å². The van der Waals surface area contributed by atoms with Crippen LogP contribution in [-0.2, 0) is 0 Å². The molecule has 0 aliphatic carbocycles. The van der Waals surface area contributed by atoms with E-state index in [2.05, 4.69) is 15.1 Å². The molecule has 1 N–H and O–H groups in total. The van der Waals surface area contributed by atoms with Gasteiger partial charge in [-0.1, -0.05) is 0 Å². The first-order valence-corrected chi connectivity index (χ1v) is 8.24. The molecule has 0 saturated heterocycles. The quantitative estimate of drug-likeness (QED) is 0.566. The highest BCUT2D eigenvalue weighted by atomic mass is 16.7. The third kappa shape index (κ3) is 2.50. The second-order valence-corrected chi connectivity index (χ2v) is 6.01. The molecule has 3 heterocycles. The van der Waals surface area contributed by atoms with Gasteiger partial charge in [-0.25, -0.2) is 4.98 Å². The first kappa shape index (κ1) is 15.4. The molecule has 0 radical (unpaired) electrons. The maximum absolute atomic E-state index is 12.8. The number of aromatic nitrogens is 3. The van der Waals surface area contributed by atoms with Crippen LogP contribution < -0.4 is 19.8 Å². The minimum absolute atomic E-state index is 0.209. The van der Waals surface area contributed by atoms with Crippen LogP contribution >= 0.6 is 0 Å². The van der Waals surface area contributed by atoms with Crippen molar-refractivity contribution in [2.24, 2.45) is 5.10 Å². The van der Waals surface area contributed by atoms with Crippen LogP contribution in [0, 0.1) is 0 Å². The zero-order valence-corrected chi connectivity index (χ0v) is 14.3. The number of aromatic amines is 1. The van der Waals surface area contributed by atoms with E-state index in [9.17, 15) is 4.79 Å². The van der Waals surface area contributed by atoms with E-state index in [0.29, 0.717) is 28.3 Å². The van der Waals surface area contributed by atoms with Crippen molar-refractivity contribution in [1.82, 2.24) is 14.6 Å². The van der Waals surface area contributed by atoms with Crippen LogP contribution in [0.5, 0.6) is 17.2 Å². The van der Waals surface area contributed by atoms with E-state index >= 15 is 0 Å². The highest BCUT2D eigenvalue weighted by Gasteiger charge is 2.13. The van der Waals surface area contributed by atoms with E-state index in [1.807, 2.05) is 24.3 Å². The first-order valence-electron chi connectivity index (χ1n) is 8.24. The van der Waals surface area contributed by atoms with E-state index in [0.717, 1.165) is 16.5 Å². The number of nitrogens with one attached hydrogen (secondary N) is 1. The fraction of sp³-hybridized carbons (Fsp3) is 0.105. The predicted octanol–water partition coefficient (Wildman–Crippen LogP) is 2.50. The molecule has 1 aliphatic heterocycles. The van der Waals surface area contributed by atoms with Crippen molar-refractivity contribution in [2.75, 3.05) is 13.9 Å². The maximum atomic E-state index is 12.8. The SMILES string of the molecule is COc1ccc2[nH]c3c(=O)n(N=Cc4ccc5c(c4)OCO5)cnc3c2c1. The van der Waals surface area contributed by atoms with Gasteiger partial charge in [-0.05, 0) is 42.0 Å². The largest absolute Gasteiger partial charge is 0.497 e. The Labute approximate surface area is 152 Å². The number of hydrogen-bond donors (Lipinski definition) is 1. The van der Waals surface area contributed by atoms with Gasteiger partial charge in [0.15, 0.2) is 11.5 Å². The zero-order chi connectivity index (χ0) is 18.4. The van der Waals surface area contributed by atoms with Gasteiger partial charge in [0.2, 0.25) is 6.79 Å². The third-order valence-corrected chi connectivity index (χ3v) is 4.42. The van der Waals surface area contributed by atoms with Gasteiger partial charge in [-0.15, -0.1) is 0 Å². The Balaban J connectivity index is 1.56. The number of hydrogen-bond acceptors (Lipinski definition) is 6. The van der Waals surface area contributed by atoms with Crippen LogP contribution in [0.15, 0.2) is 52.6 Å². The maximum Gasteiger partial charge on any atom is 0.298 e. The van der Waals surface area contributed by atoms with E-state index in [-0.39, 0.29) is 12.4 Å². The summed E-state index contributed by atoms with van der Waals surface area (Å²) in [5, 5.41) is 5.06. The summed E-state index contributed by atoms with van der Waals surface area (Å²) in [4.78, 5) is 20.3. The lowest BCUT2D eigenvalue weighted by Gasteiger charge is -2.00. The number of ether oxygens (including phenoxy) is 3. The van der Waals surface area contributed by atoms with Crippen molar-refractivity contribution < 1.29 is 14.2 Å². The number of rotatable bonds is 3. The molecule has 4 aromatic rings. The summed E-state index contributed by atoms with van der Waals surface area (Å²) in [7, 11) is 1.60. The summed E-state index contributed by atoms with van der Waals surface area (Å²) in [5.74, 6) is 2.06. The van der Waals surface area contributed by atoms with Gasteiger partial charge in [0, 0.05) is 10.9 Å². The molecule has 0 bridgehead atoms. The molecule has 2 aromatic heterocycles. The summed E-state index contributed by atoms with van der Waals surface area (Å²) in [6, 6.07) is 11.0. The van der Waals surface area contributed by atoms with Crippen LogP contribution in [-0.4, -0.2) is 34.8 Å². The highest BCUT2D eigenvalue weighted by Crippen LogP contribution is 2.32. The Morgan fingerprint density at radius 3 is 3.00 bits per heavy atom. The first-order chi connectivity index (χ1) is 13.2. The van der Waals surface area contributed by atoms with E-state index < -0.39 is 0 Å². The molecule has 8 nitrogen and oxygen atoms in total. The highest BCUT2D eigenvalue weighted by molar-refractivity contribution is 6.04. The van der Waals surface area contributed by atoms with E-state index in [4.69, 9.17) is 14.2 Å². The monoisotopic (exact) mass is 362 g/mol. The number of H-pyrrole nitrogens is 1. The molecule has 0 spiro atoms. The summed E-state index contributed by atoms with van der Waals surface area (Å²) in [6.45, 7) is 0.209. The molecule has 0 fully saturated rings. The molecule has 2 aromatic carbocycles. The Morgan fingerprint density at radius 2 is 2.11 bits per heavy atom. The van der Waals surface area contributed by atoms with Crippen molar-refractivity contribution in [2.45, 2.75) is 0 Å². The topological polar surface area (TPSA) is 90.7 Å². The van der Waals surface area contributed by atoms with Gasteiger partial charge in [0.1, 0.15) is 23.1 Å². The van der Waals surface area contributed by atoms with Gasteiger partial charge in [0.05, 0.1) is 13.3 Å². The van der Waals surface area contributed by atoms with Crippen molar-refractivity contribution in [3.63, 3.8) is 0 Å². The smallest absolute Gasteiger partial charge is 0.298 e. The van der Waals surface area contributed by atoms with Gasteiger partial charge < -0.3 is 19.2 Å². The molecule has 0 saturated carbocycles. The molecule has 0 atom stereocenters. The van der Waals surface area contributed by atoms with E-state index in [1.165, 1.54) is 11.0 Å². The molecule has 1 aliphatic rings. The molecular weight excluding hydrogens is 348 g/mol. The lowest BCUT2D eigenvalue weighted by molar-refractivity contribution is 0.174. The summed E-state index contributed by atoms with van der Waals surface area (Å²) >= 11 is 0. The summed E-state index contributed by atoms with van der Waals surface area (Å²) in [5.41, 5.74) is 2.29. The van der Waals surface area contributed by atoms with Gasteiger partial charge in [0.25, 0.3) is 5.56 Å². The Morgan fingerprint density at radius 1 is 1.22 bits per heavy atom. The van der Waals surface area contributed by atoms with Crippen LogP contribution in [0.1, 0.15) is 5.56 Å². The van der Waals surface area contributed by atoms with Gasteiger partial charge in [-0.2, -0.15) is 9.78 Å². The molecule has 0 unspecified atom stereocenters. The van der Waals surface area contributed by atoms with Crippen molar-refractivity contribution in [1.29, 1.82) is 0 Å². The number of methoxy groups -OCH3 is 1. The number of nitrogens with zero attached hydrogens (tertiary/aromatic N) is 3. The van der Waals surface area contributed by atoms with E-state index in [1.54, 1.807) is 25.5 Å². The number of fused-ring (bicyclic) bond motifs is 4. The van der Waals surface area contributed by atoms with Crippen LogP contribution in [0.25, 0.3) is 21.9 Å². The molecule has 8 heteroatoms. The van der Waals surface area contributed by atoms with Crippen molar-refractivity contribution >= 4 is 28.2 Å². The van der Waals surface area contributed by atoms with Crippen LogP contribution in [0.3, 0.4) is 0 Å². The standard InChI is InChI=1S/C19H14N4O4/c1-25-12-3-4-14-13(7-12)17-18(22-14)19(24)23(9-20-17)21-8-11-2-5-15-16(6-11)27-10-26-15/h2-9,22H,10H2,1H3. The normalized spacial score (nSPS) is 13.1. The Bertz CT molecular complexity index is 1270. The number of benzene rings is 2. The van der Waals surface area contributed by atoms with Gasteiger partial charge in [-0.3, -0.25) is 4.79 Å².